The van der Waals surface area contributed by atoms with Crippen molar-refractivity contribution in [3.63, 3.8) is 0 Å². The lowest BCUT2D eigenvalue weighted by Gasteiger charge is -2.11. The maximum Gasteiger partial charge on any atom is 0.421 e. The van der Waals surface area contributed by atoms with Gasteiger partial charge in [-0.05, 0) is 30.0 Å². The van der Waals surface area contributed by atoms with E-state index >= 15 is 0 Å². The molecule has 154 valence electrons. The van der Waals surface area contributed by atoms with Crippen molar-refractivity contribution in [3.8, 4) is 11.4 Å². The number of benzene rings is 1. The van der Waals surface area contributed by atoms with Gasteiger partial charge in [-0.2, -0.15) is 13.2 Å². The summed E-state index contributed by atoms with van der Waals surface area (Å²) >= 11 is 0. The minimum atomic E-state index is -4.70. The Labute approximate surface area is 164 Å². The zero-order valence-electron chi connectivity index (χ0n) is 15.8. The first-order valence-electron chi connectivity index (χ1n) is 9.25. The van der Waals surface area contributed by atoms with Crippen LogP contribution in [0.5, 0.6) is 0 Å². The van der Waals surface area contributed by atoms with Crippen molar-refractivity contribution in [2.24, 2.45) is 0 Å². The number of hydrogen-bond acceptors (Lipinski definition) is 4. The highest BCUT2D eigenvalue weighted by atomic mass is 19.4. The average molecular weight is 408 g/mol. The fourth-order valence-electron chi connectivity index (χ4n) is 3.11. The van der Waals surface area contributed by atoms with E-state index in [1.165, 1.54) is 10.6 Å². The Hall–Kier alpha value is -2.97. The van der Waals surface area contributed by atoms with Crippen molar-refractivity contribution in [2.75, 3.05) is 5.73 Å². The van der Waals surface area contributed by atoms with Gasteiger partial charge in [0.2, 0.25) is 0 Å². The normalized spacial score (nSPS) is 11.9. The van der Waals surface area contributed by atoms with Gasteiger partial charge in [0.15, 0.2) is 5.82 Å². The molecule has 2 N–H and O–H groups in total. The SMILES string of the molecule is CCCCCCn1ccc2cc(-c3ncc(C(F)(F)F)c(N)n3)c(F)cc2c1=O. The Morgan fingerprint density at radius 3 is 2.59 bits per heavy atom. The van der Waals surface area contributed by atoms with Gasteiger partial charge in [0.25, 0.3) is 5.56 Å². The maximum atomic E-state index is 14.6. The lowest BCUT2D eigenvalue weighted by molar-refractivity contribution is -0.137. The molecule has 0 aliphatic heterocycles. The molecule has 29 heavy (non-hydrogen) atoms. The minimum Gasteiger partial charge on any atom is -0.383 e. The third kappa shape index (κ3) is 4.38. The van der Waals surface area contributed by atoms with Crippen LogP contribution in [0.25, 0.3) is 22.2 Å². The first-order valence-corrected chi connectivity index (χ1v) is 9.25. The summed E-state index contributed by atoms with van der Waals surface area (Å²) < 4.78 is 54.6. The van der Waals surface area contributed by atoms with E-state index in [1.54, 1.807) is 12.3 Å². The van der Waals surface area contributed by atoms with E-state index in [2.05, 4.69) is 16.9 Å². The third-order valence-corrected chi connectivity index (χ3v) is 4.68. The molecule has 0 amide bonds. The molecule has 3 rings (SSSR count). The molecular formula is C20H20F4N4O. The molecule has 0 bridgehead atoms. The van der Waals surface area contributed by atoms with Gasteiger partial charge >= 0.3 is 6.18 Å². The topological polar surface area (TPSA) is 73.8 Å². The number of fused-ring (bicyclic) bond motifs is 1. The lowest BCUT2D eigenvalue weighted by atomic mass is 10.1. The molecular weight excluding hydrogens is 388 g/mol. The summed E-state index contributed by atoms with van der Waals surface area (Å²) in [5.74, 6) is -1.87. The number of nitrogens with two attached hydrogens (primary N) is 1. The molecule has 0 aliphatic carbocycles. The van der Waals surface area contributed by atoms with Crippen LogP contribution in [0.2, 0.25) is 0 Å². The summed E-state index contributed by atoms with van der Waals surface area (Å²) in [5.41, 5.74) is 3.74. The summed E-state index contributed by atoms with van der Waals surface area (Å²) in [6, 6.07) is 4.06. The molecule has 0 atom stereocenters. The predicted molar refractivity (Wildman–Crippen MR) is 103 cm³/mol. The fraction of sp³-hybridized carbons (Fsp3) is 0.350. The fourth-order valence-corrected chi connectivity index (χ4v) is 3.11. The van der Waals surface area contributed by atoms with Crippen molar-refractivity contribution in [1.29, 1.82) is 0 Å². The van der Waals surface area contributed by atoms with Gasteiger partial charge < -0.3 is 10.3 Å². The molecule has 0 radical (unpaired) electrons. The summed E-state index contributed by atoms with van der Waals surface area (Å²) in [5, 5.41) is 0.627. The number of rotatable bonds is 6. The number of alkyl halides is 3. The Bertz CT molecular complexity index is 1090. The molecule has 3 aromatic rings. The second-order valence-electron chi connectivity index (χ2n) is 6.78. The quantitative estimate of drug-likeness (QED) is 0.471. The van der Waals surface area contributed by atoms with Crippen LogP contribution < -0.4 is 11.3 Å². The predicted octanol–water partition coefficient (Wildman–Crippen LogP) is 4.78. The maximum absolute atomic E-state index is 14.6. The Morgan fingerprint density at radius 2 is 1.93 bits per heavy atom. The van der Waals surface area contributed by atoms with Crippen molar-refractivity contribution in [3.05, 3.63) is 52.3 Å². The molecule has 0 aliphatic rings. The summed E-state index contributed by atoms with van der Waals surface area (Å²) in [6.07, 6.45) is 1.45. The standard InChI is InChI=1S/C20H20F4N4O/c1-2-3-4-5-7-28-8-6-12-9-14(16(21)10-13(12)19(28)29)18-26-11-15(17(25)27-18)20(22,23)24/h6,8-11H,2-5,7H2,1H3,(H2,25,26,27). The van der Waals surface area contributed by atoms with E-state index in [1.807, 2.05) is 0 Å². The monoisotopic (exact) mass is 408 g/mol. The lowest BCUT2D eigenvalue weighted by Crippen LogP contribution is -2.19. The van der Waals surface area contributed by atoms with Gasteiger partial charge in [-0.1, -0.05) is 26.2 Å². The Kier molecular flexibility index (Phi) is 5.86. The van der Waals surface area contributed by atoms with Gasteiger partial charge in [-0.15, -0.1) is 0 Å². The number of pyridine rings is 1. The number of aromatic nitrogens is 3. The number of aryl methyl sites for hydroxylation is 1. The second-order valence-corrected chi connectivity index (χ2v) is 6.78. The molecule has 1 aromatic carbocycles. The van der Waals surface area contributed by atoms with Crippen LogP contribution in [0.4, 0.5) is 23.4 Å². The highest BCUT2D eigenvalue weighted by Gasteiger charge is 2.34. The molecule has 0 saturated carbocycles. The van der Waals surface area contributed by atoms with Gasteiger partial charge in [-0.25, -0.2) is 14.4 Å². The Balaban J connectivity index is 1.98. The first kappa shape index (κ1) is 20.8. The number of nitrogens with zero attached hydrogens (tertiary/aromatic N) is 3. The molecule has 0 unspecified atom stereocenters. The highest BCUT2D eigenvalue weighted by molar-refractivity contribution is 5.86. The van der Waals surface area contributed by atoms with Gasteiger partial charge in [-0.3, -0.25) is 4.79 Å². The summed E-state index contributed by atoms with van der Waals surface area (Å²) in [4.78, 5) is 19.8. The number of nitrogen functional groups attached to an aromatic ring is 1. The minimum absolute atomic E-state index is 0.127. The van der Waals surface area contributed by atoms with Crippen LogP contribution in [0.1, 0.15) is 38.2 Å². The van der Waals surface area contributed by atoms with Crippen LogP contribution in [-0.4, -0.2) is 14.5 Å². The largest absolute Gasteiger partial charge is 0.421 e. The number of hydrogen-bond donors (Lipinski definition) is 1. The number of anilines is 1. The number of halogens is 4. The van der Waals surface area contributed by atoms with E-state index in [9.17, 15) is 22.4 Å². The van der Waals surface area contributed by atoms with Crippen LogP contribution >= 0.6 is 0 Å². The van der Waals surface area contributed by atoms with Crippen molar-refractivity contribution >= 4 is 16.6 Å². The molecule has 5 nitrogen and oxygen atoms in total. The van der Waals surface area contributed by atoms with E-state index < -0.39 is 23.4 Å². The van der Waals surface area contributed by atoms with Gasteiger partial charge in [0.1, 0.15) is 17.2 Å². The Morgan fingerprint density at radius 1 is 1.17 bits per heavy atom. The van der Waals surface area contributed by atoms with E-state index in [0.717, 1.165) is 31.7 Å². The number of unbranched alkanes of at least 4 members (excludes halogenated alkanes) is 3. The summed E-state index contributed by atoms with van der Waals surface area (Å²) in [6.45, 7) is 2.63. The summed E-state index contributed by atoms with van der Waals surface area (Å²) in [7, 11) is 0. The zero-order chi connectivity index (χ0) is 21.2. The molecule has 2 heterocycles. The van der Waals surface area contributed by atoms with Crippen LogP contribution in [-0.2, 0) is 12.7 Å². The van der Waals surface area contributed by atoms with Gasteiger partial charge in [0, 0.05) is 18.9 Å². The van der Waals surface area contributed by atoms with E-state index in [4.69, 9.17) is 5.73 Å². The van der Waals surface area contributed by atoms with Crippen molar-refractivity contribution < 1.29 is 17.6 Å². The van der Waals surface area contributed by atoms with Crippen molar-refractivity contribution in [2.45, 2.75) is 45.3 Å². The highest BCUT2D eigenvalue weighted by Crippen LogP contribution is 2.33. The van der Waals surface area contributed by atoms with Gasteiger partial charge in [0.05, 0.1) is 10.9 Å². The van der Waals surface area contributed by atoms with Crippen molar-refractivity contribution in [1.82, 2.24) is 14.5 Å². The molecule has 0 fully saturated rings. The third-order valence-electron chi connectivity index (χ3n) is 4.68. The van der Waals surface area contributed by atoms with E-state index in [0.29, 0.717) is 18.1 Å². The second kappa shape index (κ2) is 8.18. The molecule has 0 saturated heterocycles. The van der Waals surface area contributed by atoms with Crippen LogP contribution in [0.3, 0.4) is 0 Å². The smallest absolute Gasteiger partial charge is 0.383 e. The molecule has 0 spiro atoms. The van der Waals surface area contributed by atoms with Crippen LogP contribution in [0.15, 0.2) is 35.4 Å². The molecule has 9 heteroatoms. The average Bonchev–Trinajstić information content (AvgIpc) is 2.66. The zero-order valence-corrected chi connectivity index (χ0v) is 15.8. The first-order chi connectivity index (χ1) is 13.7. The van der Waals surface area contributed by atoms with Crippen LogP contribution in [0, 0.1) is 5.82 Å². The van der Waals surface area contributed by atoms with E-state index in [-0.39, 0.29) is 22.3 Å². The molecule has 2 aromatic heterocycles.